The van der Waals surface area contributed by atoms with Crippen LogP contribution in [0.5, 0.6) is 0 Å². The smallest absolute Gasteiger partial charge is 0.259 e. The minimum atomic E-state index is -1.48. The molecule has 18 heavy (non-hydrogen) atoms. The molecule has 1 aromatic rings. The Morgan fingerprint density at radius 1 is 1.11 bits per heavy atom. The predicted octanol–water partition coefficient (Wildman–Crippen LogP) is 2.54. The van der Waals surface area contributed by atoms with E-state index in [2.05, 4.69) is 0 Å². The average Bonchev–Trinajstić information content (AvgIpc) is 2.29. The number of benzene rings is 1. The first kappa shape index (κ1) is 14.7. The van der Waals surface area contributed by atoms with E-state index < -0.39 is 5.60 Å². The fourth-order valence-corrected chi connectivity index (χ4v) is 2.20. The van der Waals surface area contributed by atoms with Crippen molar-refractivity contribution in [3.63, 3.8) is 0 Å². The van der Waals surface area contributed by atoms with E-state index in [9.17, 15) is 9.90 Å². The third-order valence-electron chi connectivity index (χ3n) is 3.10. The van der Waals surface area contributed by atoms with Crippen LogP contribution in [-0.2, 0) is 10.4 Å². The molecule has 1 amide bonds. The first-order valence-electron chi connectivity index (χ1n) is 6.39. The molecule has 0 saturated carbocycles. The Morgan fingerprint density at radius 3 is 1.94 bits per heavy atom. The average molecular weight is 249 g/mol. The SMILES string of the molecule is CC(C)N(C(=O)C(C)(O)c1ccccc1)C(C)C. The molecule has 0 aliphatic rings. The van der Waals surface area contributed by atoms with Crippen molar-refractivity contribution in [1.29, 1.82) is 0 Å². The number of rotatable bonds is 4. The molecule has 0 aliphatic heterocycles. The molecular weight excluding hydrogens is 226 g/mol. The minimum Gasteiger partial charge on any atom is -0.376 e. The van der Waals surface area contributed by atoms with Crippen molar-refractivity contribution in [2.75, 3.05) is 0 Å². The summed E-state index contributed by atoms with van der Waals surface area (Å²) >= 11 is 0. The van der Waals surface area contributed by atoms with Crippen LogP contribution in [-0.4, -0.2) is 28.0 Å². The zero-order valence-corrected chi connectivity index (χ0v) is 11.8. The van der Waals surface area contributed by atoms with Gasteiger partial charge in [-0.15, -0.1) is 0 Å². The van der Waals surface area contributed by atoms with Gasteiger partial charge in [0.15, 0.2) is 5.60 Å². The molecule has 1 atom stereocenters. The van der Waals surface area contributed by atoms with Crippen molar-refractivity contribution < 1.29 is 9.90 Å². The van der Waals surface area contributed by atoms with E-state index in [1.807, 2.05) is 45.9 Å². The summed E-state index contributed by atoms with van der Waals surface area (Å²) in [4.78, 5) is 14.2. The van der Waals surface area contributed by atoms with Crippen LogP contribution in [0.15, 0.2) is 30.3 Å². The highest BCUT2D eigenvalue weighted by Crippen LogP contribution is 2.25. The van der Waals surface area contributed by atoms with Gasteiger partial charge in [-0.2, -0.15) is 0 Å². The highest BCUT2D eigenvalue weighted by Gasteiger charge is 2.37. The molecule has 0 aromatic heterocycles. The van der Waals surface area contributed by atoms with E-state index >= 15 is 0 Å². The van der Waals surface area contributed by atoms with Gasteiger partial charge >= 0.3 is 0 Å². The Kier molecular flexibility index (Phi) is 4.52. The number of hydrogen-bond acceptors (Lipinski definition) is 2. The highest BCUT2D eigenvalue weighted by atomic mass is 16.3. The van der Waals surface area contributed by atoms with Crippen molar-refractivity contribution in [3.8, 4) is 0 Å². The number of carbonyl (C=O) groups is 1. The molecular formula is C15H23NO2. The Morgan fingerprint density at radius 2 is 1.56 bits per heavy atom. The van der Waals surface area contributed by atoms with Crippen molar-refractivity contribution in [3.05, 3.63) is 35.9 Å². The normalized spacial score (nSPS) is 14.7. The highest BCUT2D eigenvalue weighted by molar-refractivity contribution is 5.86. The van der Waals surface area contributed by atoms with Gasteiger partial charge in [-0.1, -0.05) is 30.3 Å². The van der Waals surface area contributed by atoms with Gasteiger partial charge in [0.05, 0.1) is 0 Å². The quantitative estimate of drug-likeness (QED) is 0.891. The lowest BCUT2D eigenvalue weighted by molar-refractivity contribution is -0.154. The first-order chi connectivity index (χ1) is 8.28. The first-order valence-corrected chi connectivity index (χ1v) is 6.39. The molecule has 3 nitrogen and oxygen atoms in total. The maximum absolute atomic E-state index is 12.5. The summed E-state index contributed by atoms with van der Waals surface area (Å²) in [5.74, 6) is -0.251. The van der Waals surface area contributed by atoms with Crippen molar-refractivity contribution in [1.82, 2.24) is 4.90 Å². The van der Waals surface area contributed by atoms with E-state index in [1.165, 1.54) is 0 Å². The molecule has 0 aliphatic carbocycles. The van der Waals surface area contributed by atoms with Gasteiger partial charge in [-0.25, -0.2) is 0 Å². The number of amides is 1. The zero-order valence-electron chi connectivity index (χ0n) is 11.8. The van der Waals surface area contributed by atoms with Crippen molar-refractivity contribution in [2.45, 2.75) is 52.3 Å². The van der Waals surface area contributed by atoms with Crippen LogP contribution in [0.25, 0.3) is 0 Å². The molecule has 1 N–H and O–H groups in total. The van der Waals surface area contributed by atoms with Crippen LogP contribution < -0.4 is 0 Å². The van der Waals surface area contributed by atoms with Gasteiger partial charge in [0.25, 0.3) is 5.91 Å². The summed E-state index contributed by atoms with van der Waals surface area (Å²) < 4.78 is 0. The summed E-state index contributed by atoms with van der Waals surface area (Å²) in [6.07, 6.45) is 0. The van der Waals surface area contributed by atoms with Crippen LogP contribution in [0.1, 0.15) is 40.2 Å². The third-order valence-corrected chi connectivity index (χ3v) is 3.10. The van der Waals surface area contributed by atoms with Gasteiger partial charge in [0, 0.05) is 12.1 Å². The van der Waals surface area contributed by atoms with Crippen LogP contribution >= 0.6 is 0 Å². The monoisotopic (exact) mass is 249 g/mol. The van der Waals surface area contributed by atoms with Crippen molar-refractivity contribution >= 4 is 5.91 Å². The molecule has 0 bridgehead atoms. The third kappa shape index (κ3) is 2.91. The van der Waals surface area contributed by atoms with Gasteiger partial charge < -0.3 is 10.0 Å². The van der Waals surface area contributed by atoms with E-state index in [4.69, 9.17) is 0 Å². The van der Waals surface area contributed by atoms with Crippen molar-refractivity contribution in [2.24, 2.45) is 0 Å². The molecule has 0 radical (unpaired) electrons. The second-order valence-electron chi connectivity index (χ2n) is 5.34. The Labute approximate surface area is 109 Å². The Hall–Kier alpha value is -1.35. The molecule has 3 heteroatoms. The standard InChI is InChI=1S/C15H23NO2/c1-11(2)16(12(3)4)14(17)15(5,18)13-9-7-6-8-10-13/h6-12,18H,1-5H3. The fourth-order valence-electron chi connectivity index (χ4n) is 2.20. The number of aliphatic hydroxyl groups is 1. The molecule has 100 valence electrons. The summed E-state index contributed by atoms with van der Waals surface area (Å²) in [6.45, 7) is 9.39. The van der Waals surface area contributed by atoms with Gasteiger partial charge in [-0.3, -0.25) is 4.79 Å². The lowest BCUT2D eigenvalue weighted by Gasteiger charge is -2.36. The summed E-state index contributed by atoms with van der Waals surface area (Å²) in [5.41, 5.74) is -0.850. The maximum Gasteiger partial charge on any atom is 0.259 e. The topological polar surface area (TPSA) is 40.5 Å². The van der Waals surface area contributed by atoms with Gasteiger partial charge in [0.1, 0.15) is 0 Å². The zero-order chi connectivity index (χ0) is 13.9. The fraction of sp³-hybridized carbons (Fsp3) is 0.533. The number of hydrogen-bond donors (Lipinski definition) is 1. The van der Waals surface area contributed by atoms with Crippen LogP contribution in [0.4, 0.5) is 0 Å². The summed E-state index contributed by atoms with van der Waals surface area (Å²) in [5, 5.41) is 10.5. The second-order valence-corrected chi connectivity index (χ2v) is 5.34. The van der Waals surface area contributed by atoms with Crippen LogP contribution in [0, 0.1) is 0 Å². The summed E-state index contributed by atoms with van der Waals surface area (Å²) in [6, 6.07) is 9.19. The lowest BCUT2D eigenvalue weighted by atomic mass is 9.93. The molecule has 0 saturated heterocycles. The predicted molar refractivity (Wildman–Crippen MR) is 73.1 cm³/mol. The van der Waals surface area contributed by atoms with Gasteiger partial charge in [-0.05, 0) is 40.2 Å². The van der Waals surface area contributed by atoms with E-state index in [-0.39, 0.29) is 18.0 Å². The Balaban J connectivity index is 3.08. The largest absolute Gasteiger partial charge is 0.376 e. The molecule has 1 unspecified atom stereocenters. The maximum atomic E-state index is 12.5. The van der Waals surface area contributed by atoms with E-state index in [0.717, 1.165) is 0 Å². The molecule has 1 aromatic carbocycles. The Bertz CT molecular complexity index is 388. The molecule has 0 spiro atoms. The van der Waals surface area contributed by atoms with E-state index in [1.54, 1.807) is 24.0 Å². The van der Waals surface area contributed by atoms with Gasteiger partial charge in [0.2, 0.25) is 0 Å². The number of carbonyl (C=O) groups excluding carboxylic acids is 1. The molecule has 1 rings (SSSR count). The lowest BCUT2D eigenvalue weighted by Crippen LogP contribution is -2.51. The molecule has 0 heterocycles. The molecule has 0 fully saturated rings. The van der Waals surface area contributed by atoms with E-state index in [0.29, 0.717) is 5.56 Å². The van der Waals surface area contributed by atoms with Crippen LogP contribution in [0.3, 0.4) is 0 Å². The van der Waals surface area contributed by atoms with Crippen LogP contribution in [0.2, 0.25) is 0 Å². The minimum absolute atomic E-state index is 0.0627. The summed E-state index contributed by atoms with van der Waals surface area (Å²) in [7, 11) is 0. The number of nitrogens with zero attached hydrogens (tertiary/aromatic N) is 1. The second kappa shape index (κ2) is 5.53.